The van der Waals surface area contributed by atoms with Gasteiger partial charge in [0.15, 0.2) is 0 Å². The molecule has 0 aliphatic heterocycles. The summed E-state index contributed by atoms with van der Waals surface area (Å²) in [7, 11) is 0. The average Bonchev–Trinajstić information content (AvgIpc) is 2.57. The topological polar surface area (TPSA) is 50.4 Å². The van der Waals surface area contributed by atoms with Crippen molar-refractivity contribution < 1.29 is 9.53 Å². The molecule has 0 spiro atoms. The second-order valence-corrected chi connectivity index (χ2v) is 7.07. The monoisotopic (exact) mass is 394 g/mol. The first-order chi connectivity index (χ1) is 12.4. The molecule has 4 nitrogen and oxygen atoms in total. The highest BCUT2D eigenvalue weighted by atomic mass is 35.5. The molecular weight excluding hydrogens is 371 g/mol. The van der Waals surface area contributed by atoms with Gasteiger partial charge in [-0.2, -0.15) is 0 Å². The Kier molecular flexibility index (Phi) is 8.23. The third-order valence-corrected chi connectivity index (χ3v) is 4.21. The molecule has 1 amide bonds. The molecule has 2 N–H and O–H groups in total. The summed E-state index contributed by atoms with van der Waals surface area (Å²) >= 11 is 12.0. The summed E-state index contributed by atoms with van der Waals surface area (Å²) in [5.74, 6) is 0.764. The third kappa shape index (κ3) is 7.24. The molecule has 140 valence electrons. The van der Waals surface area contributed by atoms with Crippen molar-refractivity contribution in [1.82, 2.24) is 5.32 Å². The summed E-state index contributed by atoms with van der Waals surface area (Å²) in [5.41, 5.74) is 1.80. The van der Waals surface area contributed by atoms with Gasteiger partial charge in [0.1, 0.15) is 5.75 Å². The van der Waals surface area contributed by atoms with Crippen LogP contribution in [0.25, 0.3) is 0 Å². The van der Waals surface area contributed by atoms with Crippen molar-refractivity contribution >= 4 is 34.8 Å². The fourth-order valence-electron chi connectivity index (χ4n) is 2.39. The fourth-order valence-corrected chi connectivity index (χ4v) is 2.89. The minimum absolute atomic E-state index is 0.0282. The number of hydrogen-bond donors (Lipinski definition) is 2. The highest BCUT2D eigenvalue weighted by molar-refractivity contribution is 6.35. The largest absolute Gasteiger partial charge is 0.491 e. The van der Waals surface area contributed by atoms with Crippen molar-refractivity contribution in [1.29, 1.82) is 0 Å². The second-order valence-electron chi connectivity index (χ2n) is 6.22. The van der Waals surface area contributed by atoms with Gasteiger partial charge in [0.25, 0.3) is 0 Å². The first-order valence-electron chi connectivity index (χ1n) is 8.65. The molecule has 2 aromatic rings. The fraction of sp³-hybridized carbons (Fsp3) is 0.350. The van der Waals surface area contributed by atoms with Gasteiger partial charge in [0.2, 0.25) is 5.91 Å². The van der Waals surface area contributed by atoms with Gasteiger partial charge in [0, 0.05) is 28.7 Å². The number of nitrogens with one attached hydrogen (secondary N) is 2. The quantitative estimate of drug-likeness (QED) is 0.592. The lowest BCUT2D eigenvalue weighted by Crippen LogP contribution is -2.23. The minimum atomic E-state index is -0.0282. The van der Waals surface area contributed by atoms with E-state index in [9.17, 15) is 4.79 Å². The van der Waals surface area contributed by atoms with E-state index in [0.717, 1.165) is 30.0 Å². The van der Waals surface area contributed by atoms with Gasteiger partial charge in [-0.05, 0) is 68.8 Å². The Balaban J connectivity index is 1.65. The van der Waals surface area contributed by atoms with Crippen LogP contribution in [-0.4, -0.2) is 25.1 Å². The Morgan fingerprint density at radius 1 is 1.08 bits per heavy atom. The first kappa shape index (κ1) is 20.6. The van der Waals surface area contributed by atoms with Crippen molar-refractivity contribution in [3.8, 4) is 5.75 Å². The third-order valence-electron chi connectivity index (χ3n) is 3.62. The lowest BCUT2D eigenvalue weighted by atomic mass is 10.1. The number of carbonyl (C=O) groups is 1. The zero-order chi connectivity index (χ0) is 18.9. The van der Waals surface area contributed by atoms with Crippen LogP contribution in [0.5, 0.6) is 5.75 Å². The van der Waals surface area contributed by atoms with Crippen molar-refractivity contribution in [3.05, 3.63) is 58.1 Å². The molecular formula is C20H24Cl2N2O2. The van der Waals surface area contributed by atoms with Gasteiger partial charge in [-0.1, -0.05) is 29.3 Å². The van der Waals surface area contributed by atoms with Gasteiger partial charge in [0.05, 0.1) is 6.10 Å². The first-order valence-corrected chi connectivity index (χ1v) is 9.41. The summed E-state index contributed by atoms with van der Waals surface area (Å²) in [6.45, 7) is 5.30. The molecule has 0 aliphatic rings. The summed E-state index contributed by atoms with van der Waals surface area (Å²) in [5, 5.41) is 7.43. The number of benzene rings is 2. The van der Waals surface area contributed by atoms with Crippen LogP contribution >= 0.6 is 23.2 Å². The maximum atomic E-state index is 12.0. The molecule has 0 aromatic heterocycles. The number of carbonyl (C=O) groups excluding carboxylic acids is 1. The lowest BCUT2D eigenvalue weighted by Gasteiger charge is -2.11. The standard InChI is InChI=1S/C20H24Cl2N2O2/c1-14(2)26-18-7-5-17(6-8-18)24-20(25)10-12-23-11-9-15-3-4-16(21)13-19(15)22/h3-8,13-14,23H,9-12H2,1-2H3,(H,24,25). The molecule has 0 saturated heterocycles. The summed E-state index contributed by atoms with van der Waals surface area (Å²) in [6.07, 6.45) is 1.32. The van der Waals surface area contributed by atoms with E-state index in [1.54, 1.807) is 6.07 Å². The number of amides is 1. The number of anilines is 1. The molecule has 0 atom stereocenters. The Morgan fingerprint density at radius 2 is 1.81 bits per heavy atom. The normalized spacial score (nSPS) is 10.8. The molecule has 6 heteroatoms. The van der Waals surface area contributed by atoms with E-state index in [0.29, 0.717) is 23.0 Å². The Morgan fingerprint density at radius 3 is 2.46 bits per heavy atom. The molecule has 2 aromatic carbocycles. The van der Waals surface area contributed by atoms with Gasteiger partial charge >= 0.3 is 0 Å². The summed E-state index contributed by atoms with van der Waals surface area (Å²) in [6, 6.07) is 12.9. The maximum Gasteiger partial charge on any atom is 0.225 e. The van der Waals surface area contributed by atoms with Crippen molar-refractivity contribution in [2.45, 2.75) is 32.8 Å². The molecule has 0 heterocycles. The van der Waals surface area contributed by atoms with Gasteiger partial charge in [-0.25, -0.2) is 0 Å². The van der Waals surface area contributed by atoms with E-state index in [-0.39, 0.29) is 12.0 Å². The van der Waals surface area contributed by atoms with E-state index < -0.39 is 0 Å². The van der Waals surface area contributed by atoms with Crippen LogP contribution in [0.1, 0.15) is 25.8 Å². The van der Waals surface area contributed by atoms with Crippen molar-refractivity contribution in [3.63, 3.8) is 0 Å². The summed E-state index contributed by atoms with van der Waals surface area (Å²) < 4.78 is 5.58. The van der Waals surface area contributed by atoms with E-state index in [1.165, 1.54) is 0 Å². The van der Waals surface area contributed by atoms with Crippen molar-refractivity contribution in [2.24, 2.45) is 0 Å². The van der Waals surface area contributed by atoms with Gasteiger partial charge < -0.3 is 15.4 Å². The Bertz CT molecular complexity index is 718. The van der Waals surface area contributed by atoms with E-state index >= 15 is 0 Å². The predicted octanol–water partition coefficient (Wildman–Crippen LogP) is 4.94. The van der Waals surface area contributed by atoms with Gasteiger partial charge in [-0.15, -0.1) is 0 Å². The highest BCUT2D eigenvalue weighted by Gasteiger charge is 2.04. The van der Waals surface area contributed by atoms with Crippen LogP contribution in [0.4, 0.5) is 5.69 Å². The van der Waals surface area contributed by atoms with Crippen LogP contribution in [0.2, 0.25) is 10.0 Å². The molecule has 0 bridgehead atoms. The van der Waals surface area contributed by atoms with Crippen LogP contribution in [0.15, 0.2) is 42.5 Å². The predicted molar refractivity (Wildman–Crippen MR) is 108 cm³/mol. The molecule has 0 fully saturated rings. The second kappa shape index (κ2) is 10.4. The zero-order valence-electron chi connectivity index (χ0n) is 15.0. The highest BCUT2D eigenvalue weighted by Crippen LogP contribution is 2.21. The van der Waals surface area contributed by atoms with E-state index in [2.05, 4.69) is 10.6 Å². The number of rotatable bonds is 9. The minimum Gasteiger partial charge on any atom is -0.491 e. The molecule has 0 saturated carbocycles. The SMILES string of the molecule is CC(C)Oc1ccc(NC(=O)CCNCCc2ccc(Cl)cc2Cl)cc1. The summed E-state index contributed by atoms with van der Waals surface area (Å²) in [4.78, 5) is 12.0. The lowest BCUT2D eigenvalue weighted by molar-refractivity contribution is -0.116. The number of halogens is 2. The van der Waals surface area contributed by atoms with Crippen molar-refractivity contribution in [2.75, 3.05) is 18.4 Å². The number of hydrogen-bond acceptors (Lipinski definition) is 3. The zero-order valence-corrected chi connectivity index (χ0v) is 16.5. The Hall–Kier alpha value is -1.75. The Labute approximate surface area is 164 Å². The molecule has 0 unspecified atom stereocenters. The molecule has 2 rings (SSSR count). The molecule has 0 radical (unpaired) electrons. The molecule has 26 heavy (non-hydrogen) atoms. The maximum absolute atomic E-state index is 12.0. The smallest absolute Gasteiger partial charge is 0.225 e. The average molecular weight is 395 g/mol. The van der Waals surface area contributed by atoms with Crippen LogP contribution in [0.3, 0.4) is 0 Å². The van der Waals surface area contributed by atoms with Crippen LogP contribution < -0.4 is 15.4 Å². The van der Waals surface area contributed by atoms with E-state index in [4.69, 9.17) is 27.9 Å². The van der Waals surface area contributed by atoms with Crippen LogP contribution in [-0.2, 0) is 11.2 Å². The molecule has 0 aliphatic carbocycles. The van der Waals surface area contributed by atoms with Crippen LogP contribution in [0, 0.1) is 0 Å². The van der Waals surface area contributed by atoms with E-state index in [1.807, 2.05) is 50.2 Å². The van der Waals surface area contributed by atoms with Gasteiger partial charge in [-0.3, -0.25) is 4.79 Å². The number of ether oxygens (including phenoxy) is 1.